The van der Waals surface area contributed by atoms with Gasteiger partial charge >= 0.3 is 0 Å². The Hall–Kier alpha value is -4.07. The molecule has 186 valence electrons. The van der Waals surface area contributed by atoms with E-state index in [2.05, 4.69) is 20.3 Å². The average molecular weight is 487 g/mol. The lowest BCUT2D eigenvalue weighted by atomic mass is 10.0. The summed E-state index contributed by atoms with van der Waals surface area (Å²) in [6.07, 6.45) is 9.07. The third kappa shape index (κ3) is 6.13. The van der Waals surface area contributed by atoms with Crippen LogP contribution in [0.4, 0.5) is 0 Å². The van der Waals surface area contributed by atoms with Crippen molar-refractivity contribution in [2.24, 2.45) is 0 Å². The van der Waals surface area contributed by atoms with Crippen molar-refractivity contribution in [3.05, 3.63) is 72.5 Å². The number of unbranched alkanes of at least 4 members (excludes halogenated alkanes) is 2. The van der Waals surface area contributed by atoms with Crippen LogP contribution >= 0.6 is 0 Å². The first-order chi connectivity index (χ1) is 17.6. The molecule has 1 atom stereocenters. The molecule has 1 N–H and O–H groups in total. The number of nitrogens with one attached hydrogen (secondary N) is 1. The van der Waals surface area contributed by atoms with Gasteiger partial charge in [0.1, 0.15) is 11.8 Å². The maximum absolute atomic E-state index is 12.9. The van der Waals surface area contributed by atoms with Crippen molar-refractivity contribution in [3.8, 4) is 17.2 Å². The van der Waals surface area contributed by atoms with E-state index < -0.39 is 6.04 Å². The predicted octanol–water partition coefficient (Wildman–Crippen LogP) is 5.69. The van der Waals surface area contributed by atoms with Crippen molar-refractivity contribution in [2.75, 3.05) is 7.11 Å². The number of methoxy groups -OCH3 is 1. The molecule has 4 rings (SSSR count). The Bertz CT molecular complexity index is 1320. The molecular weight excluding hydrogens is 456 g/mol. The van der Waals surface area contributed by atoms with E-state index in [0.29, 0.717) is 47.9 Å². The SMILES string of the molecule is CCC(=O)CCCCC[C@H](NC(=O)c1cccnc1)c1ncc(-c2cc3ccccc3nc2OC)o1. The average Bonchev–Trinajstić information content (AvgIpc) is 3.41. The van der Waals surface area contributed by atoms with Crippen LogP contribution in [0.2, 0.25) is 0 Å². The third-order valence-electron chi connectivity index (χ3n) is 6.04. The molecule has 0 unspecified atom stereocenters. The Kier molecular flexibility index (Phi) is 8.39. The minimum atomic E-state index is -0.437. The second-order valence-corrected chi connectivity index (χ2v) is 8.56. The Morgan fingerprint density at radius 3 is 2.72 bits per heavy atom. The van der Waals surface area contributed by atoms with Crippen LogP contribution in [0.5, 0.6) is 5.88 Å². The van der Waals surface area contributed by atoms with Gasteiger partial charge in [-0.05, 0) is 37.1 Å². The second-order valence-electron chi connectivity index (χ2n) is 8.56. The summed E-state index contributed by atoms with van der Waals surface area (Å²) in [5.74, 6) is 1.37. The zero-order valence-electron chi connectivity index (χ0n) is 20.6. The lowest BCUT2D eigenvalue weighted by molar-refractivity contribution is -0.118. The smallest absolute Gasteiger partial charge is 0.253 e. The number of Topliss-reactive ketones (excluding diaryl/α,β-unsaturated/α-hetero) is 1. The topological polar surface area (TPSA) is 107 Å². The van der Waals surface area contributed by atoms with E-state index in [-0.39, 0.29) is 11.7 Å². The Morgan fingerprint density at radius 1 is 1.08 bits per heavy atom. The molecule has 0 saturated carbocycles. The Morgan fingerprint density at radius 2 is 1.94 bits per heavy atom. The summed E-state index contributed by atoms with van der Waals surface area (Å²) >= 11 is 0. The highest BCUT2D eigenvalue weighted by Gasteiger charge is 2.22. The number of oxazole rings is 1. The molecule has 0 aliphatic carbocycles. The molecule has 36 heavy (non-hydrogen) atoms. The van der Waals surface area contributed by atoms with Crippen molar-refractivity contribution in [3.63, 3.8) is 0 Å². The fourth-order valence-electron chi connectivity index (χ4n) is 4.02. The van der Waals surface area contributed by atoms with Crippen LogP contribution in [0, 0.1) is 0 Å². The second kappa shape index (κ2) is 12.1. The van der Waals surface area contributed by atoms with Gasteiger partial charge in [0.25, 0.3) is 5.91 Å². The van der Waals surface area contributed by atoms with E-state index in [1.165, 1.54) is 6.20 Å². The van der Waals surface area contributed by atoms with Gasteiger partial charge in [-0.3, -0.25) is 14.6 Å². The van der Waals surface area contributed by atoms with Crippen LogP contribution in [0.15, 0.2) is 65.5 Å². The fourth-order valence-corrected chi connectivity index (χ4v) is 4.02. The number of ketones is 1. The number of hydrogen-bond acceptors (Lipinski definition) is 7. The van der Waals surface area contributed by atoms with Gasteiger partial charge in [-0.2, -0.15) is 0 Å². The number of amides is 1. The third-order valence-corrected chi connectivity index (χ3v) is 6.04. The van der Waals surface area contributed by atoms with E-state index in [1.807, 2.05) is 37.3 Å². The highest BCUT2D eigenvalue weighted by Crippen LogP contribution is 2.33. The van der Waals surface area contributed by atoms with Crippen LogP contribution < -0.4 is 10.1 Å². The lowest BCUT2D eigenvalue weighted by Crippen LogP contribution is -2.29. The standard InChI is InChI=1S/C28H30N4O4/c1-3-21(33)12-5-4-6-14-24(31-26(34)20-11-9-15-29-17-20)28-30-18-25(36-28)22-16-19-10-7-8-13-23(19)32-27(22)35-2/h7-11,13,15-18,24H,3-6,12,14H2,1-2H3,(H,31,34)/t24-/m0/s1. The monoisotopic (exact) mass is 486 g/mol. The van der Waals surface area contributed by atoms with Crippen molar-refractivity contribution in [1.29, 1.82) is 0 Å². The molecule has 8 nitrogen and oxygen atoms in total. The zero-order valence-corrected chi connectivity index (χ0v) is 20.6. The normalized spacial score (nSPS) is 11.8. The number of carbonyl (C=O) groups is 2. The maximum Gasteiger partial charge on any atom is 0.253 e. The number of carbonyl (C=O) groups excluding carboxylic acids is 2. The van der Waals surface area contributed by atoms with E-state index in [1.54, 1.807) is 31.6 Å². The van der Waals surface area contributed by atoms with Crippen LogP contribution in [-0.2, 0) is 4.79 Å². The number of rotatable bonds is 12. The summed E-state index contributed by atoms with van der Waals surface area (Å²) in [4.78, 5) is 37.6. The number of aromatic nitrogens is 3. The number of para-hydroxylation sites is 1. The molecule has 0 aliphatic heterocycles. The number of pyridine rings is 2. The molecular formula is C28H30N4O4. The summed E-state index contributed by atoms with van der Waals surface area (Å²) in [7, 11) is 1.57. The van der Waals surface area contributed by atoms with E-state index in [9.17, 15) is 9.59 Å². The number of benzene rings is 1. The van der Waals surface area contributed by atoms with Gasteiger partial charge in [0, 0.05) is 30.6 Å². The van der Waals surface area contributed by atoms with Crippen molar-refractivity contribution in [2.45, 2.75) is 51.5 Å². The Labute approximate surface area is 210 Å². The first kappa shape index (κ1) is 25.0. The molecule has 3 aromatic heterocycles. The molecule has 1 aromatic carbocycles. The van der Waals surface area contributed by atoms with Crippen LogP contribution in [0.25, 0.3) is 22.2 Å². The van der Waals surface area contributed by atoms with Gasteiger partial charge in [0.05, 0.1) is 30.0 Å². The van der Waals surface area contributed by atoms with Gasteiger partial charge in [-0.25, -0.2) is 9.97 Å². The van der Waals surface area contributed by atoms with Gasteiger partial charge in [0.2, 0.25) is 11.8 Å². The molecule has 0 bridgehead atoms. The lowest BCUT2D eigenvalue weighted by Gasteiger charge is -2.16. The van der Waals surface area contributed by atoms with Gasteiger partial charge in [-0.1, -0.05) is 38.0 Å². The van der Waals surface area contributed by atoms with Crippen molar-refractivity contribution >= 4 is 22.6 Å². The zero-order chi connectivity index (χ0) is 25.3. The first-order valence-electron chi connectivity index (χ1n) is 12.2. The quantitative estimate of drug-likeness (QED) is 0.256. The molecule has 8 heteroatoms. The van der Waals surface area contributed by atoms with E-state index in [0.717, 1.165) is 30.2 Å². The fraction of sp³-hybridized carbons (Fsp3) is 0.321. The van der Waals surface area contributed by atoms with Crippen LogP contribution in [-0.4, -0.2) is 33.8 Å². The predicted molar refractivity (Wildman–Crippen MR) is 137 cm³/mol. The van der Waals surface area contributed by atoms with Gasteiger partial charge < -0.3 is 14.5 Å². The summed E-state index contributed by atoms with van der Waals surface area (Å²) in [5.41, 5.74) is 1.97. The summed E-state index contributed by atoms with van der Waals surface area (Å²) in [5, 5.41) is 3.99. The molecule has 0 fully saturated rings. The van der Waals surface area contributed by atoms with E-state index >= 15 is 0 Å². The number of ether oxygens (including phenoxy) is 1. The van der Waals surface area contributed by atoms with Gasteiger partial charge in [-0.15, -0.1) is 0 Å². The summed E-state index contributed by atoms with van der Waals surface area (Å²) < 4.78 is 11.7. The molecule has 0 spiro atoms. The van der Waals surface area contributed by atoms with Crippen molar-refractivity contribution < 1.29 is 18.7 Å². The molecule has 0 aliphatic rings. The highest BCUT2D eigenvalue weighted by molar-refractivity contribution is 5.94. The molecule has 1 amide bonds. The number of fused-ring (bicyclic) bond motifs is 1. The molecule has 0 saturated heterocycles. The van der Waals surface area contributed by atoms with Crippen LogP contribution in [0.1, 0.15) is 67.7 Å². The molecule has 0 radical (unpaired) electrons. The Balaban J connectivity index is 1.55. The first-order valence-corrected chi connectivity index (χ1v) is 12.2. The van der Waals surface area contributed by atoms with Gasteiger partial charge in [0.15, 0.2) is 5.76 Å². The number of hydrogen-bond donors (Lipinski definition) is 1. The van der Waals surface area contributed by atoms with Crippen molar-refractivity contribution in [1.82, 2.24) is 20.3 Å². The summed E-state index contributed by atoms with van der Waals surface area (Å²) in [6, 6.07) is 12.7. The maximum atomic E-state index is 12.9. The van der Waals surface area contributed by atoms with Crippen LogP contribution in [0.3, 0.4) is 0 Å². The van der Waals surface area contributed by atoms with E-state index in [4.69, 9.17) is 9.15 Å². The largest absolute Gasteiger partial charge is 0.480 e. The minimum absolute atomic E-state index is 0.251. The number of nitrogens with zero attached hydrogens (tertiary/aromatic N) is 3. The summed E-state index contributed by atoms with van der Waals surface area (Å²) in [6.45, 7) is 1.88. The molecule has 4 aromatic rings. The highest BCUT2D eigenvalue weighted by atomic mass is 16.5. The molecule has 3 heterocycles. The minimum Gasteiger partial charge on any atom is -0.480 e.